The van der Waals surface area contributed by atoms with E-state index in [2.05, 4.69) is 69.1 Å². The van der Waals surface area contributed by atoms with E-state index in [1.54, 1.807) is 11.3 Å². The monoisotopic (exact) mass is 390 g/mol. The molecule has 28 heavy (non-hydrogen) atoms. The molecule has 1 fully saturated rings. The largest absolute Gasteiger partial charge is 0.299 e. The van der Waals surface area contributed by atoms with Crippen molar-refractivity contribution in [3.05, 3.63) is 71.1 Å². The van der Waals surface area contributed by atoms with E-state index in [0.717, 1.165) is 34.4 Å². The molecule has 1 aliphatic rings. The van der Waals surface area contributed by atoms with E-state index >= 15 is 0 Å². The molecule has 1 N–H and O–H groups in total. The third-order valence-electron chi connectivity index (χ3n) is 5.26. The maximum atomic E-state index is 4.62. The van der Waals surface area contributed by atoms with Gasteiger partial charge in [-0.05, 0) is 43.0 Å². The molecule has 3 aromatic rings. The molecule has 2 aromatic carbocycles. The Labute approximate surface area is 170 Å². The number of hydrogen-bond donors (Lipinski definition) is 1. The summed E-state index contributed by atoms with van der Waals surface area (Å²) in [7, 11) is 0. The molecule has 0 saturated carbocycles. The van der Waals surface area contributed by atoms with Crippen LogP contribution >= 0.6 is 11.3 Å². The maximum absolute atomic E-state index is 4.62. The molecule has 1 saturated heterocycles. The third-order valence-corrected chi connectivity index (χ3v) is 6.01. The summed E-state index contributed by atoms with van der Waals surface area (Å²) in [4.78, 5) is 7.17. The fourth-order valence-corrected chi connectivity index (χ4v) is 4.16. The van der Waals surface area contributed by atoms with Crippen LogP contribution in [0, 0.1) is 5.92 Å². The van der Waals surface area contributed by atoms with Crippen molar-refractivity contribution in [2.45, 2.75) is 26.3 Å². The Hall–Kier alpha value is -2.50. The number of nitrogens with zero attached hydrogens (tertiary/aromatic N) is 3. The molecule has 1 aliphatic heterocycles. The molecular formula is C23H26N4S. The number of hydrogen-bond acceptors (Lipinski definition) is 5. The minimum atomic E-state index is 0.803. The van der Waals surface area contributed by atoms with Crippen LogP contribution in [0.4, 0.5) is 5.13 Å². The van der Waals surface area contributed by atoms with Gasteiger partial charge in [0, 0.05) is 17.5 Å². The number of hydrazone groups is 1. The number of aromatic nitrogens is 1. The lowest BCUT2D eigenvalue weighted by Gasteiger charge is -2.30. The van der Waals surface area contributed by atoms with Gasteiger partial charge in [-0.1, -0.05) is 61.5 Å². The zero-order chi connectivity index (χ0) is 19.2. The van der Waals surface area contributed by atoms with Crippen LogP contribution in [0.1, 0.15) is 30.9 Å². The first-order valence-corrected chi connectivity index (χ1v) is 10.8. The average molecular weight is 391 g/mol. The second kappa shape index (κ2) is 9.13. The van der Waals surface area contributed by atoms with Gasteiger partial charge in [-0.25, -0.2) is 4.98 Å². The number of likely N-dealkylation sites (tertiary alicyclic amines) is 1. The van der Waals surface area contributed by atoms with E-state index in [1.165, 1.54) is 31.5 Å². The number of piperidine rings is 1. The first-order chi connectivity index (χ1) is 13.8. The molecule has 0 amide bonds. The van der Waals surface area contributed by atoms with Crippen LogP contribution in [-0.2, 0) is 6.54 Å². The van der Waals surface area contributed by atoms with Gasteiger partial charge in [0.2, 0.25) is 5.13 Å². The van der Waals surface area contributed by atoms with Gasteiger partial charge in [0.1, 0.15) is 0 Å². The van der Waals surface area contributed by atoms with Crippen molar-refractivity contribution in [1.29, 1.82) is 0 Å². The van der Waals surface area contributed by atoms with Crippen molar-refractivity contribution in [1.82, 2.24) is 9.88 Å². The molecule has 4 rings (SSSR count). The molecule has 0 spiro atoms. The standard InChI is InChI=1S/C23H26N4S/c1-18-11-13-27(14-12-18)16-21-10-6-5-9-20(21)15-24-26-23-25-22(17-28-23)19-7-3-2-4-8-19/h2-10,15,17-18H,11-14,16H2,1H3,(H,25,26). The van der Waals surface area contributed by atoms with E-state index in [-0.39, 0.29) is 0 Å². The lowest BCUT2D eigenvalue weighted by molar-refractivity contribution is 0.185. The third kappa shape index (κ3) is 4.86. The molecule has 0 atom stereocenters. The molecule has 0 radical (unpaired) electrons. The second-order valence-electron chi connectivity index (χ2n) is 7.43. The normalized spacial score (nSPS) is 15.9. The number of benzene rings is 2. The zero-order valence-electron chi connectivity index (χ0n) is 16.2. The number of nitrogens with one attached hydrogen (secondary N) is 1. The minimum absolute atomic E-state index is 0.803. The van der Waals surface area contributed by atoms with Crippen LogP contribution in [0.5, 0.6) is 0 Å². The van der Waals surface area contributed by atoms with Crippen LogP contribution in [0.2, 0.25) is 0 Å². The molecule has 0 aliphatic carbocycles. The highest BCUT2D eigenvalue weighted by atomic mass is 32.1. The Bertz CT molecular complexity index is 911. The zero-order valence-corrected chi connectivity index (χ0v) is 17.0. The summed E-state index contributed by atoms with van der Waals surface area (Å²) in [5, 5.41) is 7.30. The quantitative estimate of drug-likeness (QED) is 0.447. The van der Waals surface area contributed by atoms with E-state index in [0.29, 0.717) is 0 Å². The number of anilines is 1. The van der Waals surface area contributed by atoms with Crippen LogP contribution in [0.3, 0.4) is 0 Å². The fraction of sp³-hybridized carbons (Fsp3) is 0.304. The maximum Gasteiger partial charge on any atom is 0.203 e. The Balaban J connectivity index is 1.39. The van der Waals surface area contributed by atoms with E-state index in [4.69, 9.17) is 0 Å². The molecule has 0 bridgehead atoms. The molecule has 0 unspecified atom stereocenters. The molecule has 5 heteroatoms. The number of rotatable bonds is 6. The van der Waals surface area contributed by atoms with E-state index < -0.39 is 0 Å². The van der Waals surface area contributed by atoms with Crippen molar-refractivity contribution < 1.29 is 0 Å². The highest BCUT2D eigenvalue weighted by molar-refractivity contribution is 7.14. The number of thiazole rings is 1. The van der Waals surface area contributed by atoms with Gasteiger partial charge in [0.25, 0.3) is 0 Å². The molecule has 2 heterocycles. The van der Waals surface area contributed by atoms with Gasteiger partial charge in [0.15, 0.2) is 0 Å². The summed E-state index contributed by atoms with van der Waals surface area (Å²) in [5.41, 5.74) is 7.67. The van der Waals surface area contributed by atoms with Gasteiger partial charge in [-0.15, -0.1) is 11.3 Å². The van der Waals surface area contributed by atoms with E-state index in [1.807, 2.05) is 24.4 Å². The lowest BCUT2D eigenvalue weighted by atomic mass is 9.98. The van der Waals surface area contributed by atoms with Gasteiger partial charge in [-0.2, -0.15) is 5.10 Å². The second-order valence-corrected chi connectivity index (χ2v) is 8.29. The van der Waals surface area contributed by atoms with Crippen molar-refractivity contribution in [3.63, 3.8) is 0 Å². The highest BCUT2D eigenvalue weighted by Gasteiger charge is 2.16. The Morgan fingerprint density at radius 1 is 1.11 bits per heavy atom. The summed E-state index contributed by atoms with van der Waals surface area (Å²) < 4.78 is 0. The van der Waals surface area contributed by atoms with Crippen LogP contribution < -0.4 is 5.43 Å². The summed E-state index contributed by atoms with van der Waals surface area (Å²) in [5.74, 6) is 0.858. The van der Waals surface area contributed by atoms with Gasteiger partial charge < -0.3 is 0 Å². The van der Waals surface area contributed by atoms with Crippen molar-refractivity contribution >= 4 is 22.7 Å². The summed E-state index contributed by atoms with van der Waals surface area (Å²) in [6.07, 6.45) is 4.50. The fourth-order valence-electron chi connectivity index (χ4n) is 3.49. The predicted molar refractivity (Wildman–Crippen MR) is 119 cm³/mol. The van der Waals surface area contributed by atoms with Crippen LogP contribution in [0.25, 0.3) is 11.3 Å². The van der Waals surface area contributed by atoms with Gasteiger partial charge >= 0.3 is 0 Å². The Morgan fingerprint density at radius 3 is 2.68 bits per heavy atom. The average Bonchev–Trinajstić information content (AvgIpc) is 3.21. The van der Waals surface area contributed by atoms with E-state index in [9.17, 15) is 0 Å². The molecule has 144 valence electrons. The molecular weight excluding hydrogens is 364 g/mol. The summed E-state index contributed by atoms with van der Waals surface area (Å²) in [6.45, 7) is 5.72. The molecule has 4 nitrogen and oxygen atoms in total. The topological polar surface area (TPSA) is 40.5 Å². The first kappa shape index (κ1) is 18.8. The van der Waals surface area contributed by atoms with Crippen molar-refractivity contribution in [2.75, 3.05) is 18.5 Å². The smallest absolute Gasteiger partial charge is 0.203 e. The first-order valence-electron chi connectivity index (χ1n) is 9.88. The van der Waals surface area contributed by atoms with Crippen molar-refractivity contribution in [2.24, 2.45) is 11.0 Å². The highest BCUT2D eigenvalue weighted by Crippen LogP contribution is 2.24. The SMILES string of the molecule is CC1CCN(Cc2ccccc2C=NNc2nc(-c3ccccc3)cs2)CC1. The lowest BCUT2D eigenvalue weighted by Crippen LogP contribution is -2.32. The molecule has 1 aromatic heterocycles. The predicted octanol–water partition coefficient (Wildman–Crippen LogP) is 5.49. The van der Waals surface area contributed by atoms with Crippen molar-refractivity contribution in [3.8, 4) is 11.3 Å². The summed E-state index contributed by atoms with van der Waals surface area (Å²) in [6, 6.07) is 18.7. The Kier molecular flexibility index (Phi) is 6.14. The minimum Gasteiger partial charge on any atom is -0.299 e. The van der Waals surface area contributed by atoms with Crippen LogP contribution in [-0.4, -0.2) is 29.2 Å². The van der Waals surface area contributed by atoms with Gasteiger partial charge in [0.05, 0.1) is 11.9 Å². The van der Waals surface area contributed by atoms with Crippen LogP contribution in [0.15, 0.2) is 65.1 Å². The summed E-state index contributed by atoms with van der Waals surface area (Å²) >= 11 is 1.57. The van der Waals surface area contributed by atoms with Gasteiger partial charge in [-0.3, -0.25) is 10.3 Å². The Morgan fingerprint density at radius 2 is 1.86 bits per heavy atom.